The molecule has 0 bridgehead atoms. The number of cyclic esters (lactones) is 1. The molecule has 0 fully saturated rings. The molecule has 0 radical (unpaired) electrons. The van der Waals surface area contributed by atoms with Crippen LogP contribution in [0.4, 0.5) is 5.69 Å². The molecule has 1 unspecified atom stereocenters. The summed E-state index contributed by atoms with van der Waals surface area (Å²) in [4.78, 5) is 30.1. The maximum absolute atomic E-state index is 13.1. The summed E-state index contributed by atoms with van der Waals surface area (Å²) >= 11 is 0. The lowest BCUT2D eigenvalue weighted by atomic mass is 9.86. The normalized spacial score (nSPS) is 19.8. The third kappa shape index (κ3) is 2.10. The van der Waals surface area contributed by atoms with Gasteiger partial charge in [-0.3, -0.25) is 4.79 Å². The first-order valence-corrected chi connectivity index (χ1v) is 9.25. The van der Waals surface area contributed by atoms with Gasteiger partial charge in [-0.2, -0.15) is 0 Å². The van der Waals surface area contributed by atoms with Crippen molar-refractivity contribution >= 4 is 22.6 Å². The molecule has 7 heteroatoms. The van der Waals surface area contributed by atoms with E-state index in [0.29, 0.717) is 29.1 Å². The fraction of sp³-hybridized carbons (Fsp3) is 0.286. The number of pyridine rings is 2. The van der Waals surface area contributed by atoms with Crippen molar-refractivity contribution in [2.75, 3.05) is 12.4 Å². The lowest BCUT2D eigenvalue weighted by molar-refractivity contribution is -0.172. The van der Waals surface area contributed by atoms with Gasteiger partial charge in [-0.1, -0.05) is 6.92 Å². The molecule has 0 amide bonds. The highest BCUT2D eigenvalue weighted by Gasteiger charge is 2.45. The topological polar surface area (TPSA) is 93.5 Å². The van der Waals surface area contributed by atoms with Gasteiger partial charge in [-0.15, -0.1) is 0 Å². The van der Waals surface area contributed by atoms with E-state index >= 15 is 0 Å². The number of rotatable bonds is 2. The predicted octanol–water partition coefficient (Wildman–Crippen LogP) is 2.12. The fourth-order valence-electron chi connectivity index (χ4n) is 4.14. The second-order valence-electron chi connectivity index (χ2n) is 7.26. The highest BCUT2D eigenvalue weighted by atomic mass is 16.6. The van der Waals surface area contributed by atoms with Gasteiger partial charge in [0.1, 0.15) is 6.61 Å². The summed E-state index contributed by atoms with van der Waals surface area (Å²) in [6.45, 7) is 1.98. The van der Waals surface area contributed by atoms with Crippen molar-refractivity contribution in [2.45, 2.75) is 32.1 Å². The first-order valence-electron chi connectivity index (χ1n) is 9.25. The number of hydrogen-bond donors (Lipinski definition) is 2. The van der Waals surface area contributed by atoms with E-state index in [1.54, 1.807) is 17.6 Å². The molecule has 7 nitrogen and oxygen atoms in total. The van der Waals surface area contributed by atoms with Gasteiger partial charge in [0, 0.05) is 29.2 Å². The Balaban J connectivity index is 1.76. The van der Waals surface area contributed by atoms with Crippen LogP contribution in [0.15, 0.2) is 35.1 Å². The highest BCUT2D eigenvalue weighted by Crippen LogP contribution is 2.38. The minimum Gasteiger partial charge on any atom is -0.458 e. The molecule has 0 spiro atoms. The first-order chi connectivity index (χ1) is 13.5. The minimum atomic E-state index is -1.80. The monoisotopic (exact) mass is 377 g/mol. The lowest BCUT2D eigenvalue weighted by Gasteiger charge is -2.31. The number of anilines is 1. The van der Waals surface area contributed by atoms with Crippen LogP contribution < -0.4 is 10.9 Å². The summed E-state index contributed by atoms with van der Waals surface area (Å²) in [6, 6.07) is 9.66. The molecule has 2 aliphatic rings. The van der Waals surface area contributed by atoms with Crippen LogP contribution in [-0.4, -0.2) is 27.7 Å². The fourth-order valence-corrected chi connectivity index (χ4v) is 4.14. The summed E-state index contributed by atoms with van der Waals surface area (Å²) in [5.41, 5.74) is 2.70. The van der Waals surface area contributed by atoms with Crippen molar-refractivity contribution in [2.24, 2.45) is 0 Å². The van der Waals surface area contributed by atoms with Crippen molar-refractivity contribution in [3.05, 3.63) is 57.4 Å². The number of nitrogens with one attached hydrogen (secondary N) is 1. The quantitative estimate of drug-likeness (QED) is 0.520. The number of benzene rings is 1. The molecule has 142 valence electrons. The molecular weight excluding hydrogens is 358 g/mol. The maximum atomic E-state index is 13.1. The Hall–Kier alpha value is -3.19. The maximum Gasteiger partial charge on any atom is 0.343 e. The molecule has 0 saturated heterocycles. The third-order valence-electron chi connectivity index (χ3n) is 5.80. The zero-order valence-corrected chi connectivity index (χ0v) is 15.6. The molecule has 5 rings (SSSR count). The van der Waals surface area contributed by atoms with Gasteiger partial charge in [0.15, 0.2) is 5.60 Å². The number of aliphatic hydroxyl groups is 1. The molecule has 2 aromatic heterocycles. The Bertz CT molecular complexity index is 1230. The Morgan fingerprint density at radius 2 is 2.11 bits per heavy atom. The Kier molecular flexibility index (Phi) is 3.42. The largest absolute Gasteiger partial charge is 0.458 e. The summed E-state index contributed by atoms with van der Waals surface area (Å²) in [5.74, 6) is -0.712. The molecule has 3 aromatic rings. The first kappa shape index (κ1) is 16.9. The Morgan fingerprint density at radius 1 is 1.29 bits per heavy atom. The van der Waals surface area contributed by atoms with Crippen molar-refractivity contribution in [3.8, 4) is 11.4 Å². The lowest BCUT2D eigenvalue weighted by Crippen LogP contribution is -2.44. The number of ether oxygens (including phenoxy) is 1. The van der Waals surface area contributed by atoms with E-state index in [-0.39, 0.29) is 18.6 Å². The molecule has 4 heterocycles. The van der Waals surface area contributed by atoms with Crippen LogP contribution in [0.3, 0.4) is 0 Å². The molecule has 0 saturated carbocycles. The van der Waals surface area contributed by atoms with Gasteiger partial charge < -0.3 is 19.7 Å². The Labute approximate surface area is 160 Å². The van der Waals surface area contributed by atoms with Crippen molar-refractivity contribution in [1.29, 1.82) is 0 Å². The minimum absolute atomic E-state index is 0.118. The van der Waals surface area contributed by atoms with E-state index in [2.05, 4.69) is 5.32 Å². The average molecular weight is 377 g/mol. The third-order valence-corrected chi connectivity index (χ3v) is 5.80. The number of hydrogen-bond acceptors (Lipinski definition) is 6. The number of carbonyl (C=O) groups excluding carboxylic acids is 1. The van der Waals surface area contributed by atoms with E-state index in [0.717, 1.165) is 22.2 Å². The summed E-state index contributed by atoms with van der Waals surface area (Å²) in [6.07, 6.45) is 0.131. The SMILES string of the molecule is CCC1(O)C(=O)OCc2c1cc1n(c2=O)Cc2cc3cc(NC)ccc3nc2-1. The van der Waals surface area contributed by atoms with Crippen LogP contribution in [-0.2, 0) is 28.3 Å². The summed E-state index contributed by atoms with van der Waals surface area (Å²) < 4.78 is 6.73. The van der Waals surface area contributed by atoms with Gasteiger partial charge in [0.25, 0.3) is 5.56 Å². The standard InChI is InChI=1S/C21H19N3O4/c1-3-21(27)15-8-17-18-12(6-11-7-13(22-2)4-5-16(11)23-18)9-24(17)19(25)14(15)10-28-20(21)26/h4-8,22,27H,3,9-10H2,1-2H3. The molecule has 2 N–H and O–H groups in total. The van der Waals surface area contributed by atoms with Crippen molar-refractivity contribution in [3.63, 3.8) is 0 Å². The second-order valence-corrected chi connectivity index (χ2v) is 7.26. The molecule has 1 atom stereocenters. The van der Waals surface area contributed by atoms with Crippen LogP contribution in [0, 0.1) is 0 Å². The van der Waals surface area contributed by atoms with Gasteiger partial charge in [-0.05, 0) is 36.8 Å². The van der Waals surface area contributed by atoms with Crippen LogP contribution in [0.5, 0.6) is 0 Å². The van der Waals surface area contributed by atoms with Crippen LogP contribution in [0.25, 0.3) is 22.3 Å². The predicted molar refractivity (Wildman–Crippen MR) is 104 cm³/mol. The van der Waals surface area contributed by atoms with Gasteiger partial charge >= 0.3 is 5.97 Å². The smallest absolute Gasteiger partial charge is 0.343 e. The van der Waals surface area contributed by atoms with Crippen molar-refractivity contribution < 1.29 is 14.6 Å². The summed E-state index contributed by atoms with van der Waals surface area (Å²) in [7, 11) is 1.86. The average Bonchev–Trinajstić information content (AvgIpc) is 3.07. The van der Waals surface area contributed by atoms with E-state index in [9.17, 15) is 14.7 Å². The highest BCUT2D eigenvalue weighted by molar-refractivity contribution is 5.87. The molecule has 2 aliphatic heterocycles. The van der Waals surface area contributed by atoms with Gasteiger partial charge in [0.05, 0.1) is 29.0 Å². The molecular formula is C21H19N3O4. The van der Waals surface area contributed by atoms with Gasteiger partial charge in [0.2, 0.25) is 0 Å². The number of fused-ring (bicyclic) bond motifs is 5. The number of esters is 1. The van der Waals surface area contributed by atoms with E-state index in [1.807, 2.05) is 31.3 Å². The van der Waals surface area contributed by atoms with E-state index < -0.39 is 11.6 Å². The molecule has 1 aromatic carbocycles. The van der Waals surface area contributed by atoms with Crippen molar-refractivity contribution in [1.82, 2.24) is 9.55 Å². The van der Waals surface area contributed by atoms with E-state index in [4.69, 9.17) is 9.72 Å². The van der Waals surface area contributed by atoms with Crippen LogP contribution in [0.1, 0.15) is 30.0 Å². The molecule has 0 aliphatic carbocycles. The van der Waals surface area contributed by atoms with Crippen LogP contribution >= 0.6 is 0 Å². The van der Waals surface area contributed by atoms with Crippen LogP contribution in [0.2, 0.25) is 0 Å². The Morgan fingerprint density at radius 3 is 2.86 bits per heavy atom. The van der Waals surface area contributed by atoms with Gasteiger partial charge in [-0.25, -0.2) is 9.78 Å². The molecule has 28 heavy (non-hydrogen) atoms. The second kappa shape index (κ2) is 5.65. The zero-order valence-electron chi connectivity index (χ0n) is 15.6. The number of nitrogens with zero attached hydrogens (tertiary/aromatic N) is 2. The number of carbonyl (C=O) groups is 1. The number of aromatic nitrogens is 2. The summed E-state index contributed by atoms with van der Waals surface area (Å²) in [5, 5.41) is 15.0. The van der Waals surface area contributed by atoms with E-state index in [1.165, 1.54) is 0 Å². The zero-order chi connectivity index (χ0) is 19.6.